The predicted octanol–water partition coefficient (Wildman–Crippen LogP) is -0.594. The van der Waals surface area contributed by atoms with Crippen molar-refractivity contribution in [2.75, 3.05) is 13.1 Å². The monoisotopic (exact) mass is 236 g/mol. The molecule has 17 heavy (non-hydrogen) atoms. The van der Waals surface area contributed by atoms with Crippen molar-refractivity contribution in [2.24, 2.45) is 5.73 Å². The van der Waals surface area contributed by atoms with Gasteiger partial charge in [-0.15, -0.1) is 0 Å². The molecule has 6 nitrogen and oxygen atoms in total. The van der Waals surface area contributed by atoms with Gasteiger partial charge in [0.2, 0.25) is 5.91 Å². The van der Waals surface area contributed by atoms with Crippen LogP contribution in [0.2, 0.25) is 0 Å². The number of pyridine rings is 1. The summed E-state index contributed by atoms with van der Waals surface area (Å²) in [6.07, 6.45) is 1.60. The number of primary amides is 1. The summed E-state index contributed by atoms with van der Waals surface area (Å²) in [4.78, 5) is 25.3. The van der Waals surface area contributed by atoms with Crippen LogP contribution < -0.4 is 16.4 Å². The van der Waals surface area contributed by atoms with Crippen LogP contribution >= 0.6 is 0 Å². The Bertz CT molecular complexity index is 389. The highest BCUT2D eigenvalue weighted by atomic mass is 16.1. The molecule has 92 valence electrons. The van der Waals surface area contributed by atoms with E-state index in [1.165, 1.54) is 6.92 Å². The molecule has 0 aliphatic carbocycles. The molecule has 0 aromatic carbocycles. The molecule has 0 atom stereocenters. The van der Waals surface area contributed by atoms with Crippen LogP contribution in [0.25, 0.3) is 0 Å². The molecule has 0 spiro atoms. The average Bonchev–Trinajstić information content (AvgIpc) is 2.29. The summed E-state index contributed by atoms with van der Waals surface area (Å²) in [5, 5.41) is 5.81. The Morgan fingerprint density at radius 3 is 2.65 bits per heavy atom. The maximum atomic E-state index is 10.8. The van der Waals surface area contributed by atoms with Crippen molar-refractivity contribution in [1.82, 2.24) is 15.6 Å². The third kappa shape index (κ3) is 5.07. The van der Waals surface area contributed by atoms with E-state index >= 15 is 0 Å². The molecule has 4 N–H and O–H groups in total. The lowest BCUT2D eigenvalue weighted by atomic mass is 10.2. The number of rotatable bonds is 6. The maximum Gasteiger partial charge on any atom is 0.267 e. The van der Waals surface area contributed by atoms with Crippen molar-refractivity contribution in [3.8, 4) is 0 Å². The second-order valence-electron chi connectivity index (χ2n) is 3.58. The number of nitrogens with one attached hydrogen (secondary N) is 2. The van der Waals surface area contributed by atoms with Crippen molar-refractivity contribution >= 4 is 11.8 Å². The number of amides is 2. The maximum absolute atomic E-state index is 10.8. The van der Waals surface area contributed by atoms with Crippen LogP contribution in [0, 0.1) is 0 Å². The Labute approximate surface area is 99.6 Å². The van der Waals surface area contributed by atoms with Gasteiger partial charge in [-0.3, -0.25) is 14.6 Å². The predicted molar refractivity (Wildman–Crippen MR) is 63.1 cm³/mol. The van der Waals surface area contributed by atoms with Crippen LogP contribution in [0.5, 0.6) is 0 Å². The Morgan fingerprint density at radius 2 is 2.12 bits per heavy atom. The third-order valence-electron chi connectivity index (χ3n) is 2.08. The highest BCUT2D eigenvalue weighted by Gasteiger charge is 2.00. The zero-order valence-electron chi connectivity index (χ0n) is 9.69. The summed E-state index contributed by atoms with van der Waals surface area (Å²) in [7, 11) is 0. The molecule has 0 saturated carbocycles. The van der Waals surface area contributed by atoms with Gasteiger partial charge in [-0.25, -0.2) is 0 Å². The van der Waals surface area contributed by atoms with Crippen molar-refractivity contribution in [3.63, 3.8) is 0 Å². The number of nitrogens with two attached hydrogens (primary N) is 1. The van der Waals surface area contributed by atoms with Crippen LogP contribution in [-0.2, 0) is 11.3 Å². The van der Waals surface area contributed by atoms with Gasteiger partial charge in [-0.2, -0.15) is 0 Å². The minimum atomic E-state index is -0.532. The molecule has 0 fully saturated rings. The van der Waals surface area contributed by atoms with Crippen molar-refractivity contribution in [2.45, 2.75) is 13.5 Å². The van der Waals surface area contributed by atoms with Crippen molar-refractivity contribution in [3.05, 3.63) is 29.6 Å². The van der Waals surface area contributed by atoms with Gasteiger partial charge in [-0.05, 0) is 11.6 Å². The van der Waals surface area contributed by atoms with Crippen LogP contribution in [0.15, 0.2) is 18.3 Å². The zero-order valence-corrected chi connectivity index (χ0v) is 9.69. The largest absolute Gasteiger partial charge is 0.364 e. The number of carbonyl (C=O) groups is 2. The van der Waals surface area contributed by atoms with E-state index in [0.717, 1.165) is 5.56 Å². The average molecular weight is 236 g/mol. The summed E-state index contributed by atoms with van der Waals surface area (Å²) in [5.41, 5.74) is 6.29. The standard InChI is InChI=1S/C11H16N4O2/c1-8(16)14-5-4-13-6-9-2-3-10(11(12)17)15-7-9/h2-3,7,13H,4-6H2,1H3,(H2,12,17)(H,14,16). The van der Waals surface area contributed by atoms with E-state index in [4.69, 9.17) is 5.73 Å². The smallest absolute Gasteiger partial charge is 0.267 e. The van der Waals surface area contributed by atoms with E-state index in [0.29, 0.717) is 19.6 Å². The molecular formula is C11H16N4O2. The highest BCUT2D eigenvalue weighted by Crippen LogP contribution is 1.99. The number of hydrogen-bond acceptors (Lipinski definition) is 4. The third-order valence-corrected chi connectivity index (χ3v) is 2.08. The van der Waals surface area contributed by atoms with Gasteiger partial charge in [0.25, 0.3) is 5.91 Å². The lowest BCUT2D eigenvalue weighted by Gasteiger charge is -2.05. The number of carbonyl (C=O) groups excluding carboxylic acids is 2. The molecule has 0 aliphatic heterocycles. The fourth-order valence-corrected chi connectivity index (χ4v) is 1.23. The molecule has 1 rings (SSSR count). The Morgan fingerprint density at radius 1 is 1.35 bits per heavy atom. The second kappa shape index (κ2) is 6.59. The summed E-state index contributed by atoms with van der Waals surface area (Å²) in [6.45, 7) is 3.37. The fraction of sp³-hybridized carbons (Fsp3) is 0.364. The van der Waals surface area contributed by atoms with E-state index in [1.54, 1.807) is 18.3 Å². The number of nitrogens with zero attached hydrogens (tertiary/aromatic N) is 1. The molecule has 1 aromatic heterocycles. The van der Waals surface area contributed by atoms with E-state index in [9.17, 15) is 9.59 Å². The lowest BCUT2D eigenvalue weighted by molar-refractivity contribution is -0.118. The number of hydrogen-bond donors (Lipinski definition) is 3. The Balaban J connectivity index is 2.27. The summed E-state index contributed by atoms with van der Waals surface area (Å²) >= 11 is 0. The van der Waals surface area contributed by atoms with E-state index < -0.39 is 5.91 Å². The fourth-order valence-electron chi connectivity index (χ4n) is 1.23. The second-order valence-corrected chi connectivity index (χ2v) is 3.58. The lowest BCUT2D eigenvalue weighted by Crippen LogP contribution is -2.29. The summed E-state index contributed by atoms with van der Waals surface area (Å²) in [6, 6.07) is 3.38. The number of aromatic nitrogens is 1. The van der Waals surface area contributed by atoms with Crippen LogP contribution in [0.1, 0.15) is 23.0 Å². The minimum Gasteiger partial charge on any atom is -0.364 e. The van der Waals surface area contributed by atoms with Crippen molar-refractivity contribution < 1.29 is 9.59 Å². The van der Waals surface area contributed by atoms with Crippen LogP contribution in [-0.4, -0.2) is 29.9 Å². The molecule has 0 aliphatic rings. The first-order chi connectivity index (χ1) is 8.09. The molecule has 0 radical (unpaired) electrons. The molecule has 0 unspecified atom stereocenters. The van der Waals surface area contributed by atoms with Crippen LogP contribution in [0.4, 0.5) is 0 Å². The normalized spacial score (nSPS) is 9.94. The molecule has 6 heteroatoms. The molecule has 1 heterocycles. The highest BCUT2D eigenvalue weighted by molar-refractivity contribution is 5.90. The van der Waals surface area contributed by atoms with Gasteiger partial charge in [0.15, 0.2) is 0 Å². The van der Waals surface area contributed by atoms with Gasteiger partial charge in [0, 0.05) is 32.8 Å². The van der Waals surface area contributed by atoms with Gasteiger partial charge >= 0.3 is 0 Å². The van der Waals surface area contributed by atoms with E-state index in [2.05, 4.69) is 15.6 Å². The first-order valence-corrected chi connectivity index (χ1v) is 5.29. The van der Waals surface area contributed by atoms with Gasteiger partial charge in [0.1, 0.15) is 5.69 Å². The SMILES string of the molecule is CC(=O)NCCNCc1ccc(C(N)=O)nc1. The first-order valence-electron chi connectivity index (χ1n) is 5.29. The van der Waals surface area contributed by atoms with Gasteiger partial charge < -0.3 is 16.4 Å². The minimum absolute atomic E-state index is 0.0423. The van der Waals surface area contributed by atoms with Crippen molar-refractivity contribution in [1.29, 1.82) is 0 Å². The summed E-state index contributed by atoms with van der Waals surface area (Å²) < 4.78 is 0. The Kier molecular flexibility index (Phi) is 5.09. The Hall–Kier alpha value is -1.95. The topological polar surface area (TPSA) is 97.1 Å². The van der Waals surface area contributed by atoms with E-state index in [-0.39, 0.29) is 11.6 Å². The molecule has 1 aromatic rings. The molecule has 0 saturated heterocycles. The van der Waals surface area contributed by atoms with Gasteiger partial charge in [-0.1, -0.05) is 6.07 Å². The molecule has 0 bridgehead atoms. The quantitative estimate of drug-likeness (QED) is 0.575. The summed E-state index contributed by atoms with van der Waals surface area (Å²) in [5.74, 6) is -0.575. The first kappa shape index (κ1) is 13.1. The molecule has 2 amide bonds. The van der Waals surface area contributed by atoms with Crippen LogP contribution in [0.3, 0.4) is 0 Å². The van der Waals surface area contributed by atoms with E-state index in [1.807, 2.05) is 0 Å². The molecular weight excluding hydrogens is 220 g/mol. The van der Waals surface area contributed by atoms with Gasteiger partial charge in [0.05, 0.1) is 0 Å². The zero-order chi connectivity index (χ0) is 12.7.